The van der Waals surface area contributed by atoms with Gasteiger partial charge in [-0.1, -0.05) is 30.3 Å². The number of hydrogen-bond acceptors (Lipinski definition) is 10. The SMILES string of the molecule is O=c1cc(-c2ccc(O)cc2)oc2cc(O)cc(O)c12.O=c1cc(-c2ccccc2)oc2cc(O)c(O)c(O)c12. The quantitative estimate of drug-likeness (QED) is 0.161. The fourth-order valence-corrected chi connectivity index (χ4v) is 4.05. The third kappa shape index (κ3) is 4.84. The molecule has 6 aromatic rings. The van der Waals surface area contributed by atoms with Crippen molar-refractivity contribution in [3.05, 3.63) is 105 Å². The maximum absolute atomic E-state index is 12.0. The number of fused-ring (bicyclic) bond motifs is 2. The van der Waals surface area contributed by atoms with Crippen LogP contribution in [0.3, 0.4) is 0 Å². The summed E-state index contributed by atoms with van der Waals surface area (Å²) in [6.07, 6.45) is 0. The summed E-state index contributed by atoms with van der Waals surface area (Å²) >= 11 is 0. The van der Waals surface area contributed by atoms with Crippen molar-refractivity contribution in [2.75, 3.05) is 0 Å². The number of hydrogen-bond donors (Lipinski definition) is 6. The van der Waals surface area contributed by atoms with Crippen molar-refractivity contribution in [1.29, 1.82) is 0 Å². The van der Waals surface area contributed by atoms with Crippen molar-refractivity contribution in [3.63, 3.8) is 0 Å². The molecule has 200 valence electrons. The summed E-state index contributed by atoms with van der Waals surface area (Å²) < 4.78 is 11.0. The van der Waals surface area contributed by atoms with Gasteiger partial charge in [-0.05, 0) is 24.3 Å². The highest BCUT2D eigenvalue weighted by Gasteiger charge is 2.17. The zero-order valence-electron chi connectivity index (χ0n) is 20.4. The molecule has 40 heavy (non-hydrogen) atoms. The van der Waals surface area contributed by atoms with Crippen LogP contribution in [0.2, 0.25) is 0 Å². The monoisotopic (exact) mass is 540 g/mol. The van der Waals surface area contributed by atoms with E-state index >= 15 is 0 Å². The molecule has 0 amide bonds. The molecule has 0 saturated heterocycles. The molecule has 4 aromatic carbocycles. The summed E-state index contributed by atoms with van der Waals surface area (Å²) in [4.78, 5) is 24.1. The van der Waals surface area contributed by atoms with E-state index in [4.69, 9.17) is 8.83 Å². The summed E-state index contributed by atoms with van der Waals surface area (Å²) in [5, 5.41) is 56.8. The molecule has 0 aliphatic heterocycles. The second kappa shape index (κ2) is 10.1. The van der Waals surface area contributed by atoms with Gasteiger partial charge in [-0.15, -0.1) is 0 Å². The van der Waals surface area contributed by atoms with E-state index in [2.05, 4.69) is 0 Å². The number of rotatable bonds is 2. The summed E-state index contributed by atoms with van der Waals surface area (Å²) in [6.45, 7) is 0. The molecule has 0 unspecified atom stereocenters. The fourth-order valence-electron chi connectivity index (χ4n) is 4.05. The molecule has 2 heterocycles. The highest BCUT2D eigenvalue weighted by atomic mass is 16.4. The molecule has 0 atom stereocenters. The molecule has 10 heteroatoms. The topological polar surface area (TPSA) is 182 Å². The predicted octanol–water partition coefficient (Wildman–Crippen LogP) is 5.15. The van der Waals surface area contributed by atoms with Gasteiger partial charge in [0, 0.05) is 41.5 Å². The van der Waals surface area contributed by atoms with Crippen molar-refractivity contribution in [2.24, 2.45) is 0 Å². The van der Waals surface area contributed by atoms with Gasteiger partial charge < -0.3 is 39.5 Å². The van der Waals surface area contributed by atoms with Crippen molar-refractivity contribution < 1.29 is 39.5 Å². The number of phenolic OH excluding ortho intramolecular Hbond substituents is 6. The van der Waals surface area contributed by atoms with E-state index in [-0.39, 0.29) is 44.9 Å². The van der Waals surface area contributed by atoms with Crippen LogP contribution in [0.25, 0.3) is 44.6 Å². The van der Waals surface area contributed by atoms with Crippen molar-refractivity contribution in [1.82, 2.24) is 0 Å². The van der Waals surface area contributed by atoms with Gasteiger partial charge in [0.05, 0.1) is 0 Å². The largest absolute Gasteiger partial charge is 0.508 e. The van der Waals surface area contributed by atoms with Crippen LogP contribution >= 0.6 is 0 Å². The Morgan fingerprint density at radius 1 is 0.475 bits per heavy atom. The van der Waals surface area contributed by atoms with Gasteiger partial charge in [-0.3, -0.25) is 9.59 Å². The smallest absolute Gasteiger partial charge is 0.201 e. The Kier molecular flexibility index (Phi) is 6.50. The maximum Gasteiger partial charge on any atom is 0.201 e. The minimum Gasteiger partial charge on any atom is -0.508 e. The van der Waals surface area contributed by atoms with Gasteiger partial charge >= 0.3 is 0 Å². The van der Waals surface area contributed by atoms with Crippen molar-refractivity contribution >= 4 is 21.9 Å². The van der Waals surface area contributed by atoms with Gasteiger partial charge in [0.1, 0.15) is 50.7 Å². The lowest BCUT2D eigenvalue weighted by Gasteiger charge is -2.06. The zero-order valence-corrected chi connectivity index (χ0v) is 20.4. The number of phenols is 6. The second-order valence-electron chi connectivity index (χ2n) is 8.67. The average Bonchev–Trinajstić information content (AvgIpc) is 2.92. The first kappa shape index (κ1) is 25.7. The predicted molar refractivity (Wildman–Crippen MR) is 146 cm³/mol. The van der Waals surface area contributed by atoms with Gasteiger partial charge in [-0.25, -0.2) is 0 Å². The van der Waals surface area contributed by atoms with Crippen LogP contribution in [-0.2, 0) is 0 Å². The molecule has 6 rings (SSSR count). The van der Waals surface area contributed by atoms with Gasteiger partial charge in [0.15, 0.2) is 22.4 Å². The minimum absolute atomic E-state index is 0.00385. The lowest BCUT2D eigenvalue weighted by Crippen LogP contribution is -2.00. The molecule has 0 spiro atoms. The van der Waals surface area contributed by atoms with Crippen molar-refractivity contribution in [3.8, 4) is 57.1 Å². The standard InChI is InChI=1S/2C15H10O5/c16-9-3-1-8(2-4-9)13-7-12(19)15-11(18)5-10(17)6-14(15)20-13;16-9-6-11(8-4-2-1-3-5-8)20-12-7-10(17)14(18)15(19)13(9)12/h1-7,16-18H;1-7,17-19H. The Hall–Kier alpha value is -5.90. The summed E-state index contributed by atoms with van der Waals surface area (Å²) in [5.41, 5.74) is 0.482. The number of aromatic hydroxyl groups is 6. The third-order valence-electron chi connectivity index (χ3n) is 5.95. The maximum atomic E-state index is 12.0. The third-order valence-corrected chi connectivity index (χ3v) is 5.95. The molecule has 0 fully saturated rings. The second-order valence-corrected chi connectivity index (χ2v) is 8.67. The number of benzene rings is 4. The van der Waals surface area contributed by atoms with Crippen LogP contribution < -0.4 is 10.9 Å². The summed E-state index contributed by atoms with van der Waals surface area (Å²) in [6, 6.07) is 21.0. The molecule has 0 aliphatic rings. The van der Waals surface area contributed by atoms with Crippen LogP contribution in [0.4, 0.5) is 0 Å². The van der Waals surface area contributed by atoms with E-state index in [1.54, 1.807) is 36.4 Å². The van der Waals surface area contributed by atoms with Gasteiger partial charge in [0.25, 0.3) is 0 Å². The molecule has 0 bridgehead atoms. The molecular weight excluding hydrogens is 520 g/mol. The highest BCUT2D eigenvalue weighted by molar-refractivity contribution is 5.89. The Bertz CT molecular complexity index is 1990. The lowest BCUT2D eigenvalue weighted by molar-refractivity contribution is 0.370. The van der Waals surface area contributed by atoms with Gasteiger partial charge in [-0.2, -0.15) is 0 Å². The Morgan fingerprint density at radius 3 is 1.65 bits per heavy atom. The van der Waals surface area contributed by atoms with Crippen LogP contribution in [0.5, 0.6) is 34.5 Å². The Morgan fingerprint density at radius 2 is 1.02 bits per heavy atom. The Balaban J connectivity index is 0.000000161. The first-order valence-electron chi connectivity index (χ1n) is 11.7. The first-order valence-corrected chi connectivity index (χ1v) is 11.7. The van der Waals surface area contributed by atoms with E-state index in [1.807, 2.05) is 6.07 Å². The van der Waals surface area contributed by atoms with Crippen molar-refractivity contribution in [2.45, 2.75) is 0 Å². The highest BCUT2D eigenvalue weighted by Crippen LogP contribution is 2.40. The normalized spacial score (nSPS) is 10.8. The molecule has 6 N–H and O–H groups in total. The van der Waals surface area contributed by atoms with E-state index in [0.717, 1.165) is 12.1 Å². The molecular formula is C30H20O10. The minimum atomic E-state index is -0.739. The molecule has 10 nitrogen and oxygen atoms in total. The summed E-state index contributed by atoms with van der Waals surface area (Å²) in [7, 11) is 0. The molecule has 0 saturated carbocycles. The summed E-state index contributed by atoms with van der Waals surface area (Å²) in [5.74, 6) is -1.80. The molecule has 2 aromatic heterocycles. The van der Waals surface area contributed by atoms with E-state index < -0.39 is 28.1 Å². The van der Waals surface area contributed by atoms with Crippen LogP contribution in [0.1, 0.15) is 0 Å². The van der Waals surface area contributed by atoms with Crippen LogP contribution in [0.15, 0.2) is 103 Å². The van der Waals surface area contributed by atoms with Crippen LogP contribution in [-0.4, -0.2) is 30.6 Å². The molecule has 0 radical (unpaired) electrons. The van der Waals surface area contributed by atoms with E-state index in [0.29, 0.717) is 16.9 Å². The van der Waals surface area contributed by atoms with E-state index in [9.17, 15) is 40.2 Å². The Labute approximate surface area is 224 Å². The zero-order chi connectivity index (χ0) is 28.6. The van der Waals surface area contributed by atoms with Crippen LogP contribution in [0, 0.1) is 0 Å². The fraction of sp³-hybridized carbons (Fsp3) is 0. The molecule has 0 aliphatic carbocycles. The van der Waals surface area contributed by atoms with E-state index in [1.165, 1.54) is 30.3 Å². The van der Waals surface area contributed by atoms with Gasteiger partial charge in [0.2, 0.25) is 5.75 Å². The first-order chi connectivity index (χ1) is 19.1. The lowest BCUT2D eigenvalue weighted by atomic mass is 10.1. The average molecular weight is 540 g/mol.